The van der Waals surface area contributed by atoms with Gasteiger partial charge in [0.1, 0.15) is 0 Å². The fraction of sp³-hybridized carbons (Fsp3) is 0.400. The Morgan fingerprint density at radius 2 is 1.38 bits per heavy atom. The maximum atomic E-state index is 13.0. The van der Waals surface area contributed by atoms with Crippen LogP contribution in [0.25, 0.3) is 6.08 Å². The SMILES string of the molecule is COC(=O)C(C/C=C/c1ccc(C(F)(F)F)cc1)(C(F)(F)F)C(F)(F)F. The Hall–Kier alpha value is -2.20. The number of rotatable bonds is 4. The quantitative estimate of drug-likeness (QED) is 0.506. The Morgan fingerprint density at radius 3 is 1.73 bits per heavy atom. The topological polar surface area (TPSA) is 26.3 Å². The predicted molar refractivity (Wildman–Crippen MR) is 71.7 cm³/mol. The highest BCUT2D eigenvalue weighted by atomic mass is 19.4. The summed E-state index contributed by atoms with van der Waals surface area (Å²) in [6, 6.07) is 2.95. The van der Waals surface area contributed by atoms with Gasteiger partial charge in [-0.25, -0.2) is 0 Å². The largest absolute Gasteiger partial charge is 0.468 e. The Bertz CT molecular complexity index is 638. The second kappa shape index (κ2) is 7.20. The van der Waals surface area contributed by atoms with Crippen LogP contribution in [0.15, 0.2) is 30.3 Å². The number of hydrogen-bond donors (Lipinski definition) is 0. The van der Waals surface area contributed by atoms with Crippen molar-refractivity contribution < 1.29 is 49.0 Å². The van der Waals surface area contributed by atoms with Crippen LogP contribution in [-0.4, -0.2) is 25.4 Å². The first-order chi connectivity index (χ1) is 11.7. The highest BCUT2D eigenvalue weighted by Gasteiger charge is 2.75. The molecule has 0 unspecified atom stereocenters. The summed E-state index contributed by atoms with van der Waals surface area (Å²) in [5, 5.41) is 0. The number of alkyl halides is 9. The molecule has 0 aromatic heterocycles. The van der Waals surface area contributed by atoms with Crippen LogP contribution in [0, 0.1) is 5.41 Å². The molecular weight excluding hydrogens is 383 g/mol. The van der Waals surface area contributed by atoms with Crippen LogP contribution in [0.1, 0.15) is 17.5 Å². The van der Waals surface area contributed by atoms with Crippen LogP contribution in [0.3, 0.4) is 0 Å². The summed E-state index contributed by atoms with van der Waals surface area (Å²) in [5.41, 5.74) is -5.90. The lowest BCUT2D eigenvalue weighted by atomic mass is 9.82. The summed E-state index contributed by atoms with van der Waals surface area (Å²) in [5.74, 6) is -2.53. The van der Waals surface area contributed by atoms with E-state index >= 15 is 0 Å². The maximum Gasteiger partial charge on any atom is 0.416 e. The van der Waals surface area contributed by atoms with Crippen LogP contribution in [-0.2, 0) is 15.7 Å². The predicted octanol–water partition coefficient (Wildman–Crippen LogP) is 5.39. The molecule has 0 saturated heterocycles. The van der Waals surface area contributed by atoms with E-state index in [1.54, 1.807) is 0 Å². The van der Waals surface area contributed by atoms with Crippen LogP contribution in [0.5, 0.6) is 0 Å². The Kier molecular flexibility index (Phi) is 6.05. The molecule has 1 rings (SSSR count). The van der Waals surface area contributed by atoms with Gasteiger partial charge in [0, 0.05) is 0 Å². The zero-order chi connectivity index (χ0) is 20.4. The van der Waals surface area contributed by atoms with Crippen molar-refractivity contribution in [2.45, 2.75) is 24.9 Å². The molecule has 0 aliphatic carbocycles. The number of carbonyl (C=O) groups is 1. The molecule has 0 atom stereocenters. The van der Waals surface area contributed by atoms with Gasteiger partial charge in [0.2, 0.25) is 0 Å². The van der Waals surface area contributed by atoms with Gasteiger partial charge in [0.05, 0.1) is 12.7 Å². The molecule has 0 aliphatic heterocycles. The third-order valence-electron chi connectivity index (χ3n) is 3.47. The summed E-state index contributed by atoms with van der Waals surface area (Å²) in [6.45, 7) is 0. The van der Waals surface area contributed by atoms with Gasteiger partial charge < -0.3 is 4.74 Å². The van der Waals surface area contributed by atoms with Gasteiger partial charge in [-0.05, 0) is 24.1 Å². The molecule has 0 aliphatic rings. The fourth-order valence-electron chi connectivity index (χ4n) is 2.04. The van der Waals surface area contributed by atoms with E-state index in [9.17, 15) is 44.3 Å². The molecule has 0 N–H and O–H groups in total. The van der Waals surface area contributed by atoms with Crippen LogP contribution < -0.4 is 0 Å². The number of methoxy groups -OCH3 is 1. The summed E-state index contributed by atoms with van der Waals surface area (Å²) >= 11 is 0. The Morgan fingerprint density at radius 1 is 0.923 bits per heavy atom. The smallest absolute Gasteiger partial charge is 0.416 e. The van der Waals surface area contributed by atoms with E-state index in [-0.39, 0.29) is 5.56 Å². The average Bonchev–Trinajstić information content (AvgIpc) is 2.48. The minimum absolute atomic E-state index is 0.0823. The number of hydrogen-bond acceptors (Lipinski definition) is 2. The van der Waals surface area contributed by atoms with Gasteiger partial charge in [-0.15, -0.1) is 0 Å². The lowest BCUT2D eigenvalue weighted by molar-refractivity contribution is -0.330. The number of allylic oxidation sites excluding steroid dienone is 1. The minimum Gasteiger partial charge on any atom is -0.468 e. The molecule has 1 aromatic carbocycles. The third kappa shape index (κ3) is 4.31. The molecule has 2 nitrogen and oxygen atoms in total. The van der Waals surface area contributed by atoms with Crippen LogP contribution in [0.2, 0.25) is 0 Å². The van der Waals surface area contributed by atoms with E-state index in [0.717, 1.165) is 18.2 Å². The second-order valence-corrected chi connectivity index (χ2v) is 5.12. The van der Waals surface area contributed by atoms with Gasteiger partial charge in [-0.2, -0.15) is 39.5 Å². The third-order valence-corrected chi connectivity index (χ3v) is 3.47. The van der Waals surface area contributed by atoms with Gasteiger partial charge in [-0.1, -0.05) is 24.3 Å². The first-order valence-corrected chi connectivity index (χ1v) is 6.72. The highest BCUT2D eigenvalue weighted by Crippen LogP contribution is 2.53. The van der Waals surface area contributed by atoms with Crippen molar-refractivity contribution in [3.05, 3.63) is 41.5 Å². The number of halogens is 9. The first-order valence-electron chi connectivity index (χ1n) is 6.72. The standard InChI is InChI=1S/C15H11F9O2/c1-26-11(25)12(14(19,20)21,15(22,23)24)8-2-3-9-4-6-10(7-5-9)13(16,17)18/h2-7H,8H2,1H3/b3-2+. The molecule has 0 amide bonds. The van der Waals surface area contributed by atoms with E-state index in [1.807, 2.05) is 0 Å². The molecule has 0 radical (unpaired) electrons. The van der Waals surface area contributed by atoms with Crippen molar-refractivity contribution in [2.75, 3.05) is 7.11 Å². The Labute approximate surface area is 141 Å². The molecule has 26 heavy (non-hydrogen) atoms. The molecule has 11 heteroatoms. The number of ether oxygens (including phenoxy) is 1. The van der Waals surface area contributed by atoms with Crippen LogP contribution in [0.4, 0.5) is 39.5 Å². The van der Waals surface area contributed by atoms with E-state index < -0.39 is 41.9 Å². The zero-order valence-electron chi connectivity index (χ0n) is 12.9. The van der Waals surface area contributed by atoms with Gasteiger partial charge in [0.15, 0.2) is 0 Å². The van der Waals surface area contributed by atoms with Crippen molar-refractivity contribution in [1.82, 2.24) is 0 Å². The second-order valence-electron chi connectivity index (χ2n) is 5.12. The summed E-state index contributed by atoms with van der Waals surface area (Å²) in [4.78, 5) is 11.3. The maximum absolute atomic E-state index is 13.0. The van der Waals surface area contributed by atoms with Crippen molar-refractivity contribution in [3.63, 3.8) is 0 Å². The molecule has 146 valence electrons. The number of carbonyl (C=O) groups excluding carboxylic acids is 1. The highest BCUT2D eigenvalue weighted by molar-refractivity contribution is 5.79. The van der Waals surface area contributed by atoms with Gasteiger partial charge in [-0.3, -0.25) is 4.79 Å². The monoisotopic (exact) mass is 394 g/mol. The molecule has 0 saturated carbocycles. The first kappa shape index (κ1) is 21.8. The summed E-state index contributed by atoms with van der Waals surface area (Å²) < 4.78 is 119. The normalized spacial score (nSPS) is 13.9. The van der Waals surface area contributed by atoms with E-state index in [4.69, 9.17) is 0 Å². The van der Waals surface area contributed by atoms with E-state index in [2.05, 4.69) is 4.74 Å². The number of esters is 1. The van der Waals surface area contributed by atoms with Crippen molar-refractivity contribution in [3.8, 4) is 0 Å². The molecule has 0 heterocycles. The van der Waals surface area contributed by atoms with E-state index in [0.29, 0.717) is 25.3 Å². The van der Waals surface area contributed by atoms with E-state index in [1.165, 1.54) is 0 Å². The lowest BCUT2D eigenvalue weighted by Gasteiger charge is -2.33. The summed E-state index contributed by atoms with van der Waals surface area (Å²) in [7, 11) is 0.383. The molecule has 0 bridgehead atoms. The summed E-state index contributed by atoms with van der Waals surface area (Å²) in [6.07, 6.45) is -17.3. The van der Waals surface area contributed by atoms with Crippen molar-refractivity contribution in [1.29, 1.82) is 0 Å². The molecule has 0 fully saturated rings. The fourth-order valence-corrected chi connectivity index (χ4v) is 2.04. The van der Waals surface area contributed by atoms with Crippen molar-refractivity contribution in [2.24, 2.45) is 5.41 Å². The zero-order valence-corrected chi connectivity index (χ0v) is 12.9. The van der Waals surface area contributed by atoms with Crippen molar-refractivity contribution >= 4 is 12.0 Å². The lowest BCUT2D eigenvalue weighted by Crippen LogP contribution is -2.55. The minimum atomic E-state index is -6.00. The molecule has 0 spiro atoms. The Balaban J connectivity index is 3.18. The van der Waals surface area contributed by atoms with Gasteiger partial charge in [0.25, 0.3) is 5.41 Å². The molecule has 1 aromatic rings. The van der Waals surface area contributed by atoms with Crippen LogP contribution >= 0.6 is 0 Å². The molecular formula is C15H11F9O2. The number of benzene rings is 1. The average molecular weight is 394 g/mol. The van der Waals surface area contributed by atoms with Gasteiger partial charge >= 0.3 is 24.5 Å².